The van der Waals surface area contributed by atoms with Gasteiger partial charge in [0.2, 0.25) is 0 Å². The van der Waals surface area contributed by atoms with Crippen LogP contribution in [0.4, 0.5) is 0 Å². The molecule has 1 aromatic carbocycles. The molecule has 1 aromatic heterocycles. The van der Waals surface area contributed by atoms with Crippen molar-refractivity contribution in [1.82, 2.24) is 9.78 Å². The fourth-order valence-corrected chi connectivity index (χ4v) is 6.04. The van der Waals surface area contributed by atoms with Crippen molar-refractivity contribution < 1.29 is 5.11 Å². The van der Waals surface area contributed by atoms with Gasteiger partial charge in [-0.2, -0.15) is 0 Å². The van der Waals surface area contributed by atoms with Crippen LogP contribution in [-0.4, -0.2) is 43.2 Å². The minimum absolute atomic E-state index is 0.519. The molecular formula is C28H49AsN2OS. The summed E-state index contributed by atoms with van der Waals surface area (Å²) in [7, 11) is 0. The maximum atomic E-state index is 10.5. The van der Waals surface area contributed by atoms with Crippen LogP contribution in [0.5, 0.6) is 0 Å². The summed E-state index contributed by atoms with van der Waals surface area (Å²) in [5, 5.41) is 16.0. The zero-order valence-electron chi connectivity index (χ0n) is 21.1. The number of aromatic nitrogens is 2. The Morgan fingerprint density at radius 3 is 1.94 bits per heavy atom. The van der Waals surface area contributed by atoms with Gasteiger partial charge in [0.1, 0.15) is 0 Å². The van der Waals surface area contributed by atoms with Gasteiger partial charge in [0.25, 0.3) is 0 Å². The third-order valence-electron chi connectivity index (χ3n) is 6.56. The SMILES string of the molecule is CCCCCCCCCCCCCCCCCCSCCC(O)n1ncc2cc([AsH2])ccc21. The van der Waals surface area contributed by atoms with Crippen LogP contribution >= 0.6 is 11.8 Å². The van der Waals surface area contributed by atoms with Gasteiger partial charge in [0.15, 0.2) is 0 Å². The van der Waals surface area contributed by atoms with Crippen LogP contribution in [0.2, 0.25) is 0 Å². The molecule has 1 N–H and O–H groups in total. The molecular weight excluding hydrogens is 487 g/mol. The molecule has 0 aliphatic heterocycles. The van der Waals surface area contributed by atoms with Gasteiger partial charge in [-0.25, -0.2) is 0 Å². The van der Waals surface area contributed by atoms with E-state index in [9.17, 15) is 5.11 Å². The number of nitrogens with zero attached hydrogens (tertiary/aromatic N) is 2. The Labute approximate surface area is 216 Å². The summed E-state index contributed by atoms with van der Waals surface area (Å²) in [6, 6.07) is 6.34. The predicted molar refractivity (Wildman–Crippen MR) is 151 cm³/mol. The number of benzene rings is 1. The van der Waals surface area contributed by atoms with Crippen LogP contribution in [0.25, 0.3) is 10.9 Å². The maximum absolute atomic E-state index is 10.5. The first-order valence-electron chi connectivity index (χ1n) is 13.7. The van der Waals surface area contributed by atoms with Gasteiger partial charge in [0, 0.05) is 0 Å². The molecule has 2 rings (SSSR count). The number of thioether (sulfide) groups is 1. The van der Waals surface area contributed by atoms with Crippen LogP contribution in [0.3, 0.4) is 0 Å². The Balaban J connectivity index is 1.33. The summed E-state index contributed by atoms with van der Waals surface area (Å²) in [4.78, 5) is 0. The third kappa shape index (κ3) is 12.7. The van der Waals surface area contributed by atoms with E-state index >= 15 is 0 Å². The number of aliphatic hydroxyl groups is 1. The van der Waals surface area contributed by atoms with Crippen LogP contribution < -0.4 is 4.35 Å². The van der Waals surface area contributed by atoms with Gasteiger partial charge in [-0.15, -0.1) is 0 Å². The normalized spacial score (nSPS) is 12.6. The minimum atomic E-state index is -0.519. The number of unbranched alkanes of at least 4 members (excludes halogenated alkanes) is 15. The number of hydrogen-bond acceptors (Lipinski definition) is 3. The second-order valence-corrected chi connectivity index (χ2v) is 12.2. The van der Waals surface area contributed by atoms with Crippen LogP contribution in [0.15, 0.2) is 24.4 Å². The van der Waals surface area contributed by atoms with Gasteiger partial charge in [-0.05, 0) is 0 Å². The second kappa shape index (κ2) is 18.8. The molecule has 2 aromatic rings. The quantitative estimate of drug-likeness (QED) is 0.136. The van der Waals surface area contributed by atoms with Crippen molar-refractivity contribution in [1.29, 1.82) is 0 Å². The molecule has 0 spiro atoms. The molecule has 0 bridgehead atoms. The molecule has 2 unspecified atom stereocenters. The molecule has 33 heavy (non-hydrogen) atoms. The fraction of sp³-hybridized carbons (Fsp3) is 0.750. The van der Waals surface area contributed by atoms with Crippen molar-refractivity contribution in [2.45, 2.75) is 122 Å². The molecule has 0 amide bonds. The first kappa shape index (κ1) is 28.8. The molecule has 0 radical (unpaired) electrons. The van der Waals surface area contributed by atoms with Gasteiger partial charge in [-0.3, -0.25) is 0 Å². The zero-order valence-corrected chi connectivity index (χ0v) is 24.4. The van der Waals surface area contributed by atoms with Crippen molar-refractivity contribution >= 4 is 43.9 Å². The van der Waals surface area contributed by atoms with E-state index in [2.05, 4.69) is 30.2 Å². The standard InChI is InChI=1S/C28H49AsN2OS/c1-2-3-4-5-6-7-8-9-10-11-12-13-14-15-16-17-21-33-22-20-28(32)31-27-19-18-26(29)23-25(27)24-30-31/h18-19,23-24,28,32H,2-17,20-22,29H2,1H3. The van der Waals surface area contributed by atoms with Crippen LogP contribution in [-0.2, 0) is 0 Å². The average Bonchev–Trinajstić information content (AvgIpc) is 3.23. The Hall–Kier alpha value is -0.442. The number of fused-ring (bicyclic) bond motifs is 1. The summed E-state index contributed by atoms with van der Waals surface area (Å²) in [5.41, 5.74) is 1.03. The van der Waals surface area contributed by atoms with Crippen LogP contribution in [0, 0.1) is 0 Å². The van der Waals surface area contributed by atoms with E-state index in [4.69, 9.17) is 0 Å². The molecule has 5 heteroatoms. The molecule has 188 valence electrons. The Morgan fingerprint density at radius 2 is 1.36 bits per heavy atom. The fourth-order valence-electron chi connectivity index (χ4n) is 4.47. The van der Waals surface area contributed by atoms with E-state index in [1.165, 1.54) is 113 Å². The Kier molecular flexibility index (Phi) is 16.4. The number of hydrogen-bond donors (Lipinski definition) is 1. The Morgan fingerprint density at radius 1 is 0.818 bits per heavy atom. The van der Waals surface area contributed by atoms with E-state index in [0.717, 1.165) is 23.1 Å². The first-order chi connectivity index (χ1) is 16.2. The summed E-state index contributed by atoms with van der Waals surface area (Å²) in [6.45, 7) is 2.29. The van der Waals surface area contributed by atoms with Crippen molar-refractivity contribution in [2.75, 3.05) is 11.5 Å². The van der Waals surface area contributed by atoms with Crippen molar-refractivity contribution in [3.05, 3.63) is 24.4 Å². The molecule has 2 atom stereocenters. The van der Waals surface area contributed by atoms with Crippen LogP contribution in [0.1, 0.15) is 122 Å². The van der Waals surface area contributed by atoms with Gasteiger partial charge >= 0.3 is 120 Å². The topological polar surface area (TPSA) is 38.0 Å². The van der Waals surface area contributed by atoms with E-state index in [1.807, 2.05) is 18.0 Å². The number of aliphatic hydroxyl groups excluding tert-OH is 1. The van der Waals surface area contributed by atoms with Crippen molar-refractivity contribution in [2.24, 2.45) is 0 Å². The summed E-state index contributed by atoms with van der Waals surface area (Å²) >= 11 is 3.59. The molecule has 1 heterocycles. The third-order valence-corrected chi connectivity index (χ3v) is 8.42. The average molecular weight is 537 g/mol. The number of rotatable bonds is 21. The molecule has 0 aliphatic carbocycles. The summed E-state index contributed by atoms with van der Waals surface area (Å²) < 4.78 is 3.06. The predicted octanol–water partition coefficient (Wildman–Crippen LogP) is 7.17. The Bertz CT molecular complexity index is 736. The van der Waals surface area contributed by atoms with Gasteiger partial charge in [0.05, 0.1) is 0 Å². The van der Waals surface area contributed by atoms with E-state index in [-0.39, 0.29) is 0 Å². The van der Waals surface area contributed by atoms with E-state index in [1.54, 1.807) is 21.5 Å². The van der Waals surface area contributed by atoms with E-state index < -0.39 is 6.23 Å². The van der Waals surface area contributed by atoms with Crippen molar-refractivity contribution in [3.8, 4) is 0 Å². The summed E-state index contributed by atoms with van der Waals surface area (Å²) in [5.74, 6) is 2.21. The van der Waals surface area contributed by atoms with Gasteiger partial charge in [-0.1, -0.05) is 96.8 Å². The van der Waals surface area contributed by atoms with Crippen molar-refractivity contribution in [3.63, 3.8) is 0 Å². The summed E-state index contributed by atoms with van der Waals surface area (Å²) in [6.07, 6.45) is 24.8. The first-order valence-corrected chi connectivity index (χ1v) is 16.1. The zero-order chi connectivity index (χ0) is 23.6. The molecule has 0 saturated heterocycles. The molecule has 0 saturated carbocycles. The van der Waals surface area contributed by atoms with Gasteiger partial charge < -0.3 is 0 Å². The van der Waals surface area contributed by atoms with E-state index in [0.29, 0.717) is 0 Å². The molecule has 0 aliphatic rings. The molecule has 3 nitrogen and oxygen atoms in total. The second-order valence-electron chi connectivity index (χ2n) is 9.59. The molecule has 0 fully saturated rings. The monoisotopic (exact) mass is 536 g/mol.